The van der Waals surface area contributed by atoms with E-state index < -0.39 is 0 Å². The van der Waals surface area contributed by atoms with E-state index in [2.05, 4.69) is 10.5 Å². The number of rotatable bonds is 7. The smallest absolute Gasteiger partial charge is 0.277 e. The predicted octanol–water partition coefficient (Wildman–Crippen LogP) is 2.73. The Morgan fingerprint density at radius 1 is 1.12 bits per heavy atom. The fraction of sp³-hybridized carbons (Fsp3) is 0.211. The molecule has 0 saturated heterocycles. The topological polar surface area (TPSA) is 83.7 Å². The number of carbonyl (C=O) groups is 1. The molecule has 1 N–H and O–H groups in total. The molecule has 2 aromatic rings. The van der Waals surface area contributed by atoms with Gasteiger partial charge in [-0.2, -0.15) is 10.4 Å². The van der Waals surface area contributed by atoms with E-state index in [0.29, 0.717) is 11.5 Å². The van der Waals surface area contributed by atoms with Crippen molar-refractivity contribution in [1.82, 2.24) is 5.43 Å². The van der Waals surface area contributed by atoms with Crippen LogP contribution in [0.15, 0.2) is 47.6 Å². The molecule has 0 aromatic heterocycles. The van der Waals surface area contributed by atoms with E-state index in [1.54, 1.807) is 24.3 Å². The number of nitriles is 1. The number of hydrazone groups is 1. The van der Waals surface area contributed by atoms with Crippen molar-refractivity contribution in [3.8, 4) is 17.6 Å². The van der Waals surface area contributed by atoms with Gasteiger partial charge >= 0.3 is 0 Å². The zero-order chi connectivity index (χ0) is 18.1. The summed E-state index contributed by atoms with van der Waals surface area (Å²) in [4.78, 5) is 11.7. The van der Waals surface area contributed by atoms with Crippen LogP contribution in [0.4, 0.5) is 0 Å². The normalized spacial score (nSPS) is 10.3. The first kappa shape index (κ1) is 18.0. The van der Waals surface area contributed by atoms with Crippen LogP contribution in [0.5, 0.6) is 11.5 Å². The van der Waals surface area contributed by atoms with Crippen molar-refractivity contribution in [3.63, 3.8) is 0 Å². The summed E-state index contributed by atoms with van der Waals surface area (Å²) >= 11 is 0. The Kier molecular flexibility index (Phi) is 6.55. The number of nitrogens with one attached hydrogen (secondary N) is 1. The summed E-state index contributed by atoms with van der Waals surface area (Å²) in [5, 5.41) is 12.3. The second-order valence-electron chi connectivity index (χ2n) is 5.34. The monoisotopic (exact) mass is 337 g/mol. The molecule has 0 bridgehead atoms. The maximum Gasteiger partial charge on any atom is 0.277 e. The first-order chi connectivity index (χ1) is 12.1. The molecule has 0 radical (unpaired) electrons. The highest BCUT2D eigenvalue weighted by atomic mass is 16.5. The second-order valence-corrected chi connectivity index (χ2v) is 5.34. The maximum atomic E-state index is 11.7. The molecule has 6 heteroatoms. The maximum absolute atomic E-state index is 11.7. The van der Waals surface area contributed by atoms with Gasteiger partial charge in [0.25, 0.3) is 5.91 Å². The Morgan fingerprint density at radius 2 is 1.84 bits per heavy atom. The summed E-state index contributed by atoms with van der Waals surface area (Å²) in [5.74, 6) is 0.906. The highest BCUT2D eigenvalue weighted by Gasteiger charge is 2.02. The zero-order valence-corrected chi connectivity index (χ0v) is 14.2. The van der Waals surface area contributed by atoms with Gasteiger partial charge in [-0.3, -0.25) is 4.79 Å². The van der Waals surface area contributed by atoms with E-state index in [-0.39, 0.29) is 19.1 Å². The van der Waals surface area contributed by atoms with Gasteiger partial charge in [0.2, 0.25) is 0 Å². The summed E-state index contributed by atoms with van der Waals surface area (Å²) in [5.41, 5.74) is 5.48. The lowest BCUT2D eigenvalue weighted by atomic mass is 10.1. The number of hydrogen-bond donors (Lipinski definition) is 1. The third-order valence-corrected chi connectivity index (χ3v) is 3.43. The number of carbonyl (C=O) groups excluding carboxylic acids is 1. The van der Waals surface area contributed by atoms with Crippen LogP contribution in [0.2, 0.25) is 0 Å². The number of hydrogen-bond acceptors (Lipinski definition) is 5. The van der Waals surface area contributed by atoms with Crippen LogP contribution >= 0.6 is 0 Å². The number of nitrogens with zero attached hydrogens (tertiary/aromatic N) is 2. The fourth-order valence-electron chi connectivity index (χ4n) is 1.93. The second kappa shape index (κ2) is 9.08. The molecule has 1 amide bonds. The van der Waals surface area contributed by atoms with E-state index in [1.165, 1.54) is 11.8 Å². The average molecular weight is 337 g/mol. The van der Waals surface area contributed by atoms with Crippen LogP contribution in [0.25, 0.3) is 0 Å². The van der Waals surface area contributed by atoms with Gasteiger partial charge in [0, 0.05) is 0 Å². The SMILES string of the molecule is Cc1ccc(OCC(=O)N/N=C\c2ccc(OCC#N)cc2)cc1C. The molecule has 0 unspecified atom stereocenters. The third-order valence-electron chi connectivity index (χ3n) is 3.43. The van der Waals surface area contributed by atoms with Crippen molar-refractivity contribution in [3.05, 3.63) is 59.2 Å². The molecule has 6 nitrogen and oxygen atoms in total. The standard InChI is InChI=1S/C19H19N3O3/c1-14-3-6-18(11-15(14)2)25-13-19(23)22-21-12-16-4-7-17(8-5-16)24-10-9-20/h3-8,11-12H,10,13H2,1-2H3,(H,22,23)/b21-12-. The lowest BCUT2D eigenvalue weighted by Crippen LogP contribution is -2.24. The van der Waals surface area contributed by atoms with Gasteiger partial charge in [0.15, 0.2) is 13.2 Å². The Bertz CT molecular complexity index is 793. The average Bonchev–Trinajstić information content (AvgIpc) is 2.62. The van der Waals surface area contributed by atoms with Crippen molar-refractivity contribution < 1.29 is 14.3 Å². The molecule has 0 spiro atoms. The van der Waals surface area contributed by atoms with Crippen LogP contribution in [-0.4, -0.2) is 25.3 Å². The van der Waals surface area contributed by atoms with Gasteiger partial charge in [-0.1, -0.05) is 6.07 Å². The molecule has 2 aromatic carbocycles. The molecule has 0 heterocycles. The summed E-state index contributed by atoms with van der Waals surface area (Å²) in [6.07, 6.45) is 1.52. The van der Waals surface area contributed by atoms with Crippen LogP contribution in [0.3, 0.4) is 0 Å². The summed E-state index contributed by atoms with van der Waals surface area (Å²) in [7, 11) is 0. The molecular formula is C19H19N3O3. The number of benzene rings is 2. The summed E-state index contributed by atoms with van der Waals surface area (Å²) < 4.78 is 10.6. The minimum Gasteiger partial charge on any atom is -0.484 e. The van der Waals surface area contributed by atoms with Gasteiger partial charge in [-0.05, 0) is 66.9 Å². The molecule has 0 aliphatic rings. The number of aryl methyl sites for hydroxylation is 2. The molecule has 2 rings (SSSR count). The first-order valence-corrected chi connectivity index (χ1v) is 7.70. The first-order valence-electron chi connectivity index (χ1n) is 7.70. The highest BCUT2D eigenvalue weighted by Crippen LogP contribution is 2.16. The Labute approximate surface area is 146 Å². The lowest BCUT2D eigenvalue weighted by Gasteiger charge is -2.07. The Morgan fingerprint density at radius 3 is 2.52 bits per heavy atom. The van der Waals surface area contributed by atoms with Crippen LogP contribution in [-0.2, 0) is 4.79 Å². The van der Waals surface area contributed by atoms with Gasteiger partial charge < -0.3 is 9.47 Å². The van der Waals surface area contributed by atoms with Crippen molar-refractivity contribution in [2.24, 2.45) is 5.10 Å². The van der Waals surface area contributed by atoms with E-state index in [0.717, 1.165) is 11.1 Å². The van der Waals surface area contributed by atoms with Gasteiger partial charge in [0.1, 0.15) is 17.6 Å². The molecule has 0 atom stereocenters. The van der Waals surface area contributed by atoms with Crippen LogP contribution in [0.1, 0.15) is 16.7 Å². The van der Waals surface area contributed by atoms with E-state index in [9.17, 15) is 4.79 Å². The summed E-state index contributed by atoms with van der Waals surface area (Å²) in [6.45, 7) is 3.90. The van der Waals surface area contributed by atoms with E-state index >= 15 is 0 Å². The van der Waals surface area contributed by atoms with Crippen molar-refractivity contribution in [1.29, 1.82) is 5.26 Å². The minimum absolute atomic E-state index is 0.00397. The van der Waals surface area contributed by atoms with Crippen LogP contribution < -0.4 is 14.9 Å². The predicted molar refractivity (Wildman–Crippen MR) is 94.7 cm³/mol. The van der Waals surface area contributed by atoms with Gasteiger partial charge in [-0.15, -0.1) is 0 Å². The molecule has 0 aliphatic carbocycles. The minimum atomic E-state index is -0.344. The molecule has 25 heavy (non-hydrogen) atoms. The van der Waals surface area contributed by atoms with Crippen molar-refractivity contribution >= 4 is 12.1 Å². The fourth-order valence-corrected chi connectivity index (χ4v) is 1.93. The molecular weight excluding hydrogens is 318 g/mol. The Hall–Kier alpha value is -3.33. The molecule has 0 fully saturated rings. The Balaban J connectivity index is 1.78. The molecule has 128 valence electrons. The lowest BCUT2D eigenvalue weighted by molar-refractivity contribution is -0.123. The number of amides is 1. The number of ether oxygens (including phenoxy) is 2. The largest absolute Gasteiger partial charge is 0.484 e. The summed E-state index contributed by atoms with van der Waals surface area (Å²) in [6, 6.07) is 14.6. The molecule has 0 saturated carbocycles. The zero-order valence-electron chi connectivity index (χ0n) is 14.2. The van der Waals surface area contributed by atoms with Gasteiger partial charge in [0.05, 0.1) is 6.21 Å². The van der Waals surface area contributed by atoms with Gasteiger partial charge in [-0.25, -0.2) is 5.43 Å². The quantitative estimate of drug-likeness (QED) is 0.622. The molecule has 0 aliphatic heterocycles. The van der Waals surface area contributed by atoms with E-state index in [4.69, 9.17) is 14.7 Å². The van der Waals surface area contributed by atoms with Crippen LogP contribution in [0, 0.1) is 25.2 Å². The van der Waals surface area contributed by atoms with E-state index in [1.807, 2.05) is 38.1 Å². The van der Waals surface area contributed by atoms with Crippen molar-refractivity contribution in [2.45, 2.75) is 13.8 Å². The highest BCUT2D eigenvalue weighted by molar-refractivity contribution is 5.83. The third kappa shape index (κ3) is 5.99. The van der Waals surface area contributed by atoms with Crippen molar-refractivity contribution in [2.75, 3.05) is 13.2 Å².